The fourth-order valence-electron chi connectivity index (χ4n) is 4.77. The highest BCUT2D eigenvalue weighted by Crippen LogP contribution is 2.32. The maximum Gasteiger partial charge on any atom is 0.331 e. The zero-order valence-corrected chi connectivity index (χ0v) is 20.3. The molecule has 2 aliphatic rings. The van der Waals surface area contributed by atoms with Crippen LogP contribution < -0.4 is 4.31 Å². The van der Waals surface area contributed by atoms with Crippen LogP contribution in [0.1, 0.15) is 44.2 Å². The maximum atomic E-state index is 13.1. The van der Waals surface area contributed by atoms with Gasteiger partial charge in [-0.2, -0.15) is 0 Å². The van der Waals surface area contributed by atoms with Gasteiger partial charge in [0.05, 0.1) is 10.6 Å². The Morgan fingerprint density at radius 2 is 1.71 bits per heavy atom. The number of ether oxygens (including phenoxy) is 1. The summed E-state index contributed by atoms with van der Waals surface area (Å²) in [5, 5.41) is 0. The van der Waals surface area contributed by atoms with Crippen molar-refractivity contribution in [3.8, 4) is 0 Å². The first-order valence-corrected chi connectivity index (χ1v) is 13.1. The van der Waals surface area contributed by atoms with Crippen molar-refractivity contribution < 1.29 is 22.7 Å². The van der Waals surface area contributed by atoms with E-state index >= 15 is 0 Å². The van der Waals surface area contributed by atoms with Gasteiger partial charge in [0.15, 0.2) is 6.61 Å². The maximum absolute atomic E-state index is 13.1. The molecule has 2 aromatic rings. The van der Waals surface area contributed by atoms with Crippen LogP contribution in [-0.2, 0) is 30.8 Å². The summed E-state index contributed by atoms with van der Waals surface area (Å²) in [4.78, 5) is 26.6. The van der Waals surface area contributed by atoms with Crippen LogP contribution in [0.5, 0.6) is 0 Å². The lowest BCUT2D eigenvalue weighted by Crippen LogP contribution is -2.49. The topological polar surface area (TPSA) is 84.0 Å². The third-order valence-electron chi connectivity index (χ3n) is 6.54. The summed E-state index contributed by atoms with van der Waals surface area (Å²) in [6.07, 6.45) is 6.49. The first-order valence-electron chi connectivity index (χ1n) is 11.6. The van der Waals surface area contributed by atoms with Gasteiger partial charge in [0.1, 0.15) is 0 Å². The predicted molar refractivity (Wildman–Crippen MR) is 131 cm³/mol. The molecule has 0 spiro atoms. The Morgan fingerprint density at radius 3 is 2.41 bits per heavy atom. The second-order valence-corrected chi connectivity index (χ2v) is 10.8. The van der Waals surface area contributed by atoms with Crippen LogP contribution in [0.3, 0.4) is 0 Å². The molecule has 2 unspecified atom stereocenters. The summed E-state index contributed by atoms with van der Waals surface area (Å²) in [6.45, 7) is 4.17. The highest BCUT2D eigenvalue weighted by atomic mass is 32.2. The van der Waals surface area contributed by atoms with Crippen LogP contribution in [0, 0.1) is 0 Å². The monoisotopic (exact) mass is 482 g/mol. The fourth-order valence-corrected chi connectivity index (χ4v) is 6.27. The molecule has 180 valence electrons. The largest absolute Gasteiger partial charge is 0.452 e. The molecule has 2 heterocycles. The van der Waals surface area contributed by atoms with E-state index in [1.54, 1.807) is 23.1 Å². The van der Waals surface area contributed by atoms with E-state index in [2.05, 4.69) is 0 Å². The van der Waals surface area contributed by atoms with Gasteiger partial charge in [-0.1, -0.05) is 30.3 Å². The van der Waals surface area contributed by atoms with Crippen molar-refractivity contribution in [2.45, 2.75) is 56.5 Å². The molecular formula is C26H30N2O5S. The summed E-state index contributed by atoms with van der Waals surface area (Å²) >= 11 is 0. The lowest BCUT2D eigenvalue weighted by atomic mass is 9.97. The van der Waals surface area contributed by atoms with Gasteiger partial charge in [-0.05, 0) is 74.9 Å². The molecule has 8 heteroatoms. The van der Waals surface area contributed by atoms with Gasteiger partial charge in [0, 0.05) is 24.7 Å². The lowest BCUT2D eigenvalue weighted by molar-refractivity contribution is -0.151. The van der Waals surface area contributed by atoms with Gasteiger partial charge in [0.2, 0.25) is 0 Å². The molecule has 0 aromatic heterocycles. The van der Waals surface area contributed by atoms with E-state index in [1.165, 1.54) is 22.5 Å². The van der Waals surface area contributed by atoms with Gasteiger partial charge in [-0.3, -0.25) is 9.10 Å². The Morgan fingerprint density at radius 1 is 1.03 bits per heavy atom. The minimum Gasteiger partial charge on any atom is -0.452 e. The van der Waals surface area contributed by atoms with E-state index in [9.17, 15) is 18.0 Å². The van der Waals surface area contributed by atoms with E-state index in [4.69, 9.17) is 4.74 Å². The van der Waals surface area contributed by atoms with Crippen molar-refractivity contribution >= 4 is 33.7 Å². The number of benzene rings is 2. The van der Waals surface area contributed by atoms with Gasteiger partial charge in [-0.15, -0.1) is 0 Å². The van der Waals surface area contributed by atoms with Crippen molar-refractivity contribution in [1.82, 2.24) is 4.90 Å². The Hall–Kier alpha value is -3.13. The molecule has 34 heavy (non-hydrogen) atoms. The fraction of sp³-hybridized carbons (Fsp3) is 0.385. The molecule has 0 aliphatic carbocycles. The summed E-state index contributed by atoms with van der Waals surface area (Å²) < 4.78 is 32.8. The Labute approximate surface area is 201 Å². The Bertz CT molecular complexity index is 1180. The number of carbonyl (C=O) groups excluding carboxylic acids is 2. The van der Waals surface area contributed by atoms with Crippen molar-refractivity contribution in [3.63, 3.8) is 0 Å². The quantitative estimate of drug-likeness (QED) is 0.462. The Balaban J connectivity index is 1.35. The average Bonchev–Trinajstić information content (AvgIpc) is 3.27. The molecule has 1 saturated heterocycles. The summed E-state index contributed by atoms with van der Waals surface area (Å²) in [5.41, 5.74) is 2.39. The summed E-state index contributed by atoms with van der Waals surface area (Å²) in [5.74, 6) is -0.796. The molecule has 2 atom stereocenters. The molecule has 4 rings (SSSR count). The van der Waals surface area contributed by atoms with Crippen LogP contribution >= 0.6 is 0 Å². The zero-order chi connectivity index (χ0) is 24.3. The van der Waals surface area contributed by atoms with Crippen molar-refractivity contribution in [2.24, 2.45) is 0 Å². The van der Waals surface area contributed by atoms with E-state index in [-0.39, 0.29) is 29.5 Å². The van der Waals surface area contributed by atoms with E-state index in [0.29, 0.717) is 18.5 Å². The molecule has 0 saturated carbocycles. The van der Waals surface area contributed by atoms with Crippen LogP contribution in [-0.4, -0.2) is 50.4 Å². The van der Waals surface area contributed by atoms with Crippen molar-refractivity contribution in [1.29, 1.82) is 0 Å². The number of anilines is 1. The molecular weight excluding hydrogens is 452 g/mol. The van der Waals surface area contributed by atoms with Crippen LogP contribution in [0.2, 0.25) is 0 Å². The minimum absolute atomic E-state index is 0.148. The number of para-hydroxylation sites is 1. The second kappa shape index (κ2) is 10.0. The first-order chi connectivity index (χ1) is 16.3. The van der Waals surface area contributed by atoms with Gasteiger partial charge >= 0.3 is 5.97 Å². The van der Waals surface area contributed by atoms with Gasteiger partial charge < -0.3 is 9.64 Å². The minimum atomic E-state index is -3.66. The number of esters is 1. The standard InChI is InChI=1S/C26H30N2O5S/c1-19-6-5-7-20(2)28(19)25(29)18-33-26(30)15-12-21-10-13-23(14-11-21)34(31,32)27-17-16-22-8-3-4-9-24(22)27/h3-4,8-15,19-20H,5-7,16-18H2,1-2H3/b15-12+. The lowest BCUT2D eigenvalue weighted by Gasteiger charge is -2.38. The molecule has 0 bridgehead atoms. The number of fused-ring (bicyclic) bond motifs is 1. The van der Waals surface area contributed by atoms with E-state index in [0.717, 1.165) is 30.5 Å². The number of carbonyl (C=O) groups is 2. The summed E-state index contributed by atoms with van der Waals surface area (Å²) in [6, 6.07) is 14.1. The van der Waals surface area contributed by atoms with Crippen molar-refractivity contribution in [3.05, 3.63) is 65.7 Å². The number of piperidine rings is 1. The van der Waals surface area contributed by atoms with Gasteiger partial charge in [0.25, 0.3) is 15.9 Å². The SMILES string of the molecule is CC1CCCC(C)N1C(=O)COC(=O)/C=C/c1ccc(S(=O)(=O)N2CCc3ccccc32)cc1. The average molecular weight is 483 g/mol. The third-order valence-corrected chi connectivity index (χ3v) is 8.37. The van der Waals surface area contributed by atoms with Crippen LogP contribution in [0.25, 0.3) is 6.08 Å². The van der Waals surface area contributed by atoms with Crippen LogP contribution in [0.4, 0.5) is 5.69 Å². The van der Waals surface area contributed by atoms with E-state index in [1.807, 2.05) is 38.1 Å². The Kier molecular flexibility index (Phi) is 7.07. The van der Waals surface area contributed by atoms with Crippen LogP contribution in [0.15, 0.2) is 59.5 Å². The van der Waals surface area contributed by atoms with Gasteiger partial charge in [-0.25, -0.2) is 13.2 Å². The highest BCUT2D eigenvalue weighted by Gasteiger charge is 2.31. The van der Waals surface area contributed by atoms with Crippen molar-refractivity contribution in [2.75, 3.05) is 17.5 Å². The number of nitrogens with zero attached hydrogens (tertiary/aromatic N) is 2. The summed E-state index contributed by atoms with van der Waals surface area (Å²) in [7, 11) is -3.66. The number of hydrogen-bond acceptors (Lipinski definition) is 5. The number of likely N-dealkylation sites (tertiary alicyclic amines) is 1. The zero-order valence-electron chi connectivity index (χ0n) is 19.5. The number of hydrogen-bond donors (Lipinski definition) is 0. The first kappa shape index (κ1) is 24.0. The molecule has 2 aromatic carbocycles. The molecule has 1 fully saturated rings. The predicted octanol–water partition coefficient (Wildman–Crippen LogP) is 3.78. The molecule has 1 amide bonds. The smallest absolute Gasteiger partial charge is 0.331 e. The second-order valence-electron chi connectivity index (χ2n) is 8.90. The normalized spacial score (nSPS) is 20.4. The van der Waals surface area contributed by atoms with E-state index < -0.39 is 16.0 Å². The molecule has 0 radical (unpaired) electrons. The number of amides is 1. The molecule has 0 N–H and O–H groups in total. The third kappa shape index (κ3) is 5.01. The molecule has 2 aliphatic heterocycles. The molecule has 7 nitrogen and oxygen atoms in total. The number of rotatable bonds is 6. The highest BCUT2D eigenvalue weighted by molar-refractivity contribution is 7.92. The number of sulfonamides is 1.